The summed E-state index contributed by atoms with van der Waals surface area (Å²) in [7, 11) is 0. The highest BCUT2D eigenvalue weighted by atomic mass is 35.5. The molecule has 0 radical (unpaired) electrons. The second-order valence-corrected chi connectivity index (χ2v) is 3.83. The van der Waals surface area contributed by atoms with Crippen LogP contribution in [0.4, 0.5) is 4.39 Å². The topological polar surface area (TPSA) is 43.1 Å². The van der Waals surface area contributed by atoms with Gasteiger partial charge in [-0.3, -0.25) is 4.79 Å². The number of aldehydes is 1. The van der Waals surface area contributed by atoms with Crippen LogP contribution in [-0.4, -0.2) is 11.3 Å². The van der Waals surface area contributed by atoms with Gasteiger partial charge in [-0.05, 0) is 18.2 Å². The monoisotopic (exact) mass is 253 g/mol. The number of nitrogens with zero attached hydrogens (tertiary/aromatic N) is 1. The molecular weight excluding hydrogens is 245 g/mol. The minimum absolute atomic E-state index is 0.00796. The molecule has 0 aliphatic carbocycles. The second kappa shape index (κ2) is 4.67. The highest BCUT2D eigenvalue weighted by molar-refractivity contribution is 6.31. The molecule has 0 saturated carbocycles. The Hall–Kier alpha value is -1.68. The number of hydrogen-bond acceptors (Lipinski definition) is 3. The normalized spacial score (nSPS) is 10.5. The molecule has 0 unspecified atom stereocenters. The third-order valence-electron chi connectivity index (χ3n) is 2.33. The number of halogens is 2. The molecule has 0 saturated heterocycles. The first-order valence-electron chi connectivity index (χ1n) is 5.06. The third-order valence-corrected chi connectivity index (χ3v) is 2.62. The Morgan fingerprint density at radius 1 is 1.53 bits per heavy atom. The number of rotatable bonds is 3. The summed E-state index contributed by atoms with van der Waals surface area (Å²) in [4.78, 5) is 14.8. The van der Waals surface area contributed by atoms with Gasteiger partial charge >= 0.3 is 0 Å². The summed E-state index contributed by atoms with van der Waals surface area (Å²) in [5, 5.41) is -0.00796. The molecule has 5 heteroatoms. The highest BCUT2D eigenvalue weighted by Gasteiger charge is 2.13. The Balaban J connectivity index is 2.49. The van der Waals surface area contributed by atoms with Crippen molar-refractivity contribution in [1.82, 2.24) is 4.98 Å². The maximum absolute atomic E-state index is 13.0. The summed E-state index contributed by atoms with van der Waals surface area (Å²) in [6.45, 7) is 1.86. The van der Waals surface area contributed by atoms with Crippen molar-refractivity contribution in [2.24, 2.45) is 0 Å². The van der Waals surface area contributed by atoms with E-state index in [1.807, 2.05) is 6.92 Å². The van der Waals surface area contributed by atoms with Gasteiger partial charge in [0.05, 0.1) is 5.02 Å². The van der Waals surface area contributed by atoms with Gasteiger partial charge in [0.15, 0.2) is 6.29 Å². The predicted octanol–water partition coefficient (Wildman–Crippen LogP) is 3.51. The van der Waals surface area contributed by atoms with E-state index in [4.69, 9.17) is 16.0 Å². The zero-order valence-corrected chi connectivity index (χ0v) is 9.79. The fraction of sp³-hybridized carbons (Fsp3) is 0.167. The quantitative estimate of drug-likeness (QED) is 0.786. The summed E-state index contributed by atoms with van der Waals surface area (Å²) in [5.74, 6) is 0.273. The predicted molar refractivity (Wildman–Crippen MR) is 61.7 cm³/mol. The van der Waals surface area contributed by atoms with Gasteiger partial charge in [-0.1, -0.05) is 18.5 Å². The molecule has 0 aliphatic heterocycles. The minimum atomic E-state index is -0.506. The Bertz CT molecular complexity index is 566. The number of carbonyl (C=O) groups is 1. The van der Waals surface area contributed by atoms with Crippen molar-refractivity contribution in [2.75, 3.05) is 0 Å². The fourth-order valence-electron chi connectivity index (χ4n) is 1.46. The van der Waals surface area contributed by atoms with E-state index in [0.717, 1.165) is 0 Å². The lowest BCUT2D eigenvalue weighted by molar-refractivity contribution is 0.111. The summed E-state index contributed by atoms with van der Waals surface area (Å²) < 4.78 is 18.4. The van der Waals surface area contributed by atoms with Gasteiger partial charge in [0.1, 0.15) is 17.3 Å². The molecule has 2 rings (SSSR count). The summed E-state index contributed by atoms with van der Waals surface area (Å²) >= 11 is 5.66. The van der Waals surface area contributed by atoms with Crippen molar-refractivity contribution < 1.29 is 13.6 Å². The molecule has 1 aromatic heterocycles. The van der Waals surface area contributed by atoms with Gasteiger partial charge in [0.25, 0.3) is 0 Å². The third kappa shape index (κ3) is 2.22. The van der Waals surface area contributed by atoms with Crippen LogP contribution in [0.5, 0.6) is 0 Å². The minimum Gasteiger partial charge on any atom is -0.440 e. The second-order valence-electron chi connectivity index (χ2n) is 3.43. The van der Waals surface area contributed by atoms with Crippen LogP contribution in [0.25, 0.3) is 11.5 Å². The standard InChI is InChI=1S/C12H9ClFNO2/c1-2-11-10(6-16)15-12(17-11)7-3-4-9(14)8(13)5-7/h3-6H,2H2,1H3. The fourth-order valence-corrected chi connectivity index (χ4v) is 1.64. The van der Waals surface area contributed by atoms with Crippen LogP contribution in [0, 0.1) is 5.82 Å². The average Bonchev–Trinajstić information content (AvgIpc) is 2.75. The highest BCUT2D eigenvalue weighted by Crippen LogP contribution is 2.26. The summed E-state index contributed by atoms with van der Waals surface area (Å²) in [5.41, 5.74) is 0.808. The summed E-state index contributed by atoms with van der Waals surface area (Å²) in [6.07, 6.45) is 1.20. The molecule has 0 fully saturated rings. The molecule has 3 nitrogen and oxygen atoms in total. The van der Waals surface area contributed by atoms with Crippen LogP contribution in [0.1, 0.15) is 23.2 Å². The van der Waals surface area contributed by atoms with E-state index in [0.29, 0.717) is 24.0 Å². The lowest BCUT2D eigenvalue weighted by Crippen LogP contribution is -1.85. The maximum Gasteiger partial charge on any atom is 0.227 e. The number of benzene rings is 1. The van der Waals surface area contributed by atoms with Crippen molar-refractivity contribution in [3.8, 4) is 11.5 Å². The van der Waals surface area contributed by atoms with Gasteiger partial charge in [-0.15, -0.1) is 0 Å². The van der Waals surface area contributed by atoms with Gasteiger partial charge in [0, 0.05) is 12.0 Å². The van der Waals surface area contributed by atoms with E-state index >= 15 is 0 Å². The van der Waals surface area contributed by atoms with Crippen molar-refractivity contribution in [3.63, 3.8) is 0 Å². The SMILES string of the molecule is CCc1oc(-c2ccc(F)c(Cl)c2)nc1C=O. The first-order chi connectivity index (χ1) is 8.15. The molecule has 0 amide bonds. The van der Waals surface area contributed by atoms with Crippen molar-refractivity contribution in [1.29, 1.82) is 0 Å². The van der Waals surface area contributed by atoms with E-state index in [1.54, 1.807) is 0 Å². The number of carbonyl (C=O) groups excluding carboxylic acids is 1. The molecule has 1 aromatic carbocycles. The first kappa shape index (κ1) is 11.8. The smallest absolute Gasteiger partial charge is 0.227 e. The van der Waals surface area contributed by atoms with E-state index in [9.17, 15) is 9.18 Å². The molecule has 1 heterocycles. The maximum atomic E-state index is 13.0. The molecule has 0 bridgehead atoms. The molecule has 17 heavy (non-hydrogen) atoms. The Morgan fingerprint density at radius 2 is 2.29 bits per heavy atom. The Kier molecular flexibility index (Phi) is 3.24. The number of aryl methyl sites for hydroxylation is 1. The van der Waals surface area contributed by atoms with Gasteiger partial charge in [-0.25, -0.2) is 9.37 Å². The van der Waals surface area contributed by atoms with Crippen molar-refractivity contribution >= 4 is 17.9 Å². The summed E-state index contributed by atoms with van der Waals surface area (Å²) in [6, 6.07) is 4.14. The zero-order valence-electron chi connectivity index (χ0n) is 9.04. The van der Waals surface area contributed by atoms with Crippen LogP contribution in [0.3, 0.4) is 0 Å². The van der Waals surface area contributed by atoms with E-state index in [2.05, 4.69) is 4.98 Å². The molecule has 0 atom stereocenters. The van der Waals surface area contributed by atoms with Crippen molar-refractivity contribution in [2.45, 2.75) is 13.3 Å². The molecule has 0 aliphatic rings. The van der Waals surface area contributed by atoms with E-state index < -0.39 is 5.82 Å². The van der Waals surface area contributed by atoms with Crippen LogP contribution >= 0.6 is 11.6 Å². The average molecular weight is 254 g/mol. The van der Waals surface area contributed by atoms with Gasteiger partial charge in [-0.2, -0.15) is 0 Å². The van der Waals surface area contributed by atoms with Crippen LogP contribution < -0.4 is 0 Å². The Labute approximate surface area is 102 Å². The van der Waals surface area contributed by atoms with Gasteiger partial charge < -0.3 is 4.42 Å². The number of oxazole rings is 1. The Morgan fingerprint density at radius 3 is 2.82 bits per heavy atom. The largest absolute Gasteiger partial charge is 0.440 e. The lowest BCUT2D eigenvalue weighted by atomic mass is 10.2. The lowest BCUT2D eigenvalue weighted by Gasteiger charge is -1.97. The van der Waals surface area contributed by atoms with E-state index in [1.165, 1.54) is 18.2 Å². The molecule has 0 N–H and O–H groups in total. The first-order valence-corrected chi connectivity index (χ1v) is 5.43. The molecular formula is C12H9ClFNO2. The van der Waals surface area contributed by atoms with Crippen molar-refractivity contribution in [3.05, 3.63) is 40.5 Å². The molecule has 0 spiro atoms. The number of aromatic nitrogens is 1. The number of hydrogen-bond donors (Lipinski definition) is 0. The molecule has 2 aromatic rings. The van der Waals surface area contributed by atoms with Crippen LogP contribution in [-0.2, 0) is 6.42 Å². The molecule has 88 valence electrons. The van der Waals surface area contributed by atoms with Gasteiger partial charge in [0.2, 0.25) is 5.89 Å². The van der Waals surface area contributed by atoms with E-state index in [-0.39, 0.29) is 16.6 Å². The van der Waals surface area contributed by atoms with Crippen LogP contribution in [0.15, 0.2) is 22.6 Å². The van der Waals surface area contributed by atoms with Crippen LogP contribution in [0.2, 0.25) is 5.02 Å². The zero-order chi connectivity index (χ0) is 12.4.